The Morgan fingerprint density at radius 3 is 2.43 bits per heavy atom. The first kappa shape index (κ1) is 32.0. The van der Waals surface area contributed by atoms with Crippen LogP contribution in [0.5, 0.6) is 5.75 Å². The van der Waals surface area contributed by atoms with Gasteiger partial charge >= 0.3 is 0 Å². The second kappa shape index (κ2) is 16.0. The van der Waals surface area contributed by atoms with E-state index in [1.54, 1.807) is 12.1 Å². The summed E-state index contributed by atoms with van der Waals surface area (Å²) in [5, 5.41) is 9.89. The third kappa shape index (κ3) is 8.55. The van der Waals surface area contributed by atoms with Crippen LogP contribution in [-0.2, 0) is 4.79 Å². The highest BCUT2D eigenvalue weighted by atomic mass is 16.5. The van der Waals surface area contributed by atoms with Crippen LogP contribution in [0.3, 0.4) is 0 Å². The van der Waals surface area contributed by atoms with Crippen molar-refractivity contribution < 1.29 is 17.2 Å². The van der Waals surface area contributed by atoms with Crippen LogP contribution in [-0.4, -0.2) is 85.9 Å². The maximum absolute atomic E-state index is 12.0. The topological polar surface area (TPSA) is 124 Å². The molecule has 10 heteroatoms. The summed E-state index contributed by atoms with van der Waals surface area (Å²) in [5.74, 6) is 1.25. The summed E-state index contributed by atoms with van der Waals surface area (Å²) >= 11 is 0. The number of likely N-dealkylation sites (tertiary alicyclic amines) is 1. The largest absolute Gasteiger partial charge is 0.488 e. The number of anilines is 1. The Kier molecular flexibility index (Phi) is 12.2. The molecule has 2 saturated carbocycles. The van der Waals surface area contributed by atoms with Gasteiger partial charge in [0.15, 0.2) is 0 Å². The minimum Gasteiger partial charge on any atom is -0.488 e. The van der Waals surface area contributed by atoms with Gasteiger partial charge < -0.3 is 36.1 Å². The molecule has 10 nitrogen and oxygen atoms in total. The molecule has 2 atom stereocenters. The van der Waals surface area contributed by atoms with E-state index in [9.17, 15) is 9.59 Å². The van der Waals surface area contributed by atoms with E-state index in [2.05, 4.69) is 39.7 Å². The molecule has 0 aromatic heterocycles. The fraction of sp³-hybridized carbons (Fsp3) is 0.656. The number of ether oxygens (including phenoxy) is 1. The molecule has 0 amide bonds. The van der Waals surface area contributed by atoms with Crippen LogP contribution in [0.15, 0.2) is 35.1 Å². The Hall–Kier alpha value is -2.95. The Morgan fingerprint density at radius 1 is 1.14 bits per heavy atom. The van der Waals surface area contributed by atoms with Crippen molar-refractivity contribution in [3.8, 4) is 5.75 Å². The van der Waals surface area contributed by atoms with Crippen molar-refractivity contribution >= 4 is 24.2 Å². The zero-order chi connectivity index (χ0) is 29.9. The number of aldehydes is 2. The zero-order valence-electron chi connectivity index (χ0n) is 25.7. The molecule has 0 radical (unpaired) electrons. The first-order valence-electron chi connectivity index (χ1n) is 15.9. The molecule has 1 aromatic rings. The van der Waals surface area contributed by atoms with E-state index in [0.29, 0.717) is 29.4 Å². The number of aliphatic imine (C=N–C) groups is 1. The molecule has 4 aliphatic rings. The highest BCUT2D eigenvalue weighted by Crippen LogP contribution is 2.33. The molecule has 3 fully saturated rings. The van der Waals surface area contributed by atoms with Crippen LogP contribution in [0.2, 0.25) is 0 Å². The van der Waals surface area contributed by atoms with Crippen LogP contribution in [0.25, 0.3) is 0 Å². The van der Waals surface area contributed by atoms with Gasteiger partial charge in [0.05, 0.1) is 23.5 Å². The van der Waals surface area contributed by atoms with Gasteiger partial charge in [-0.1, -0.05) is 19.8 Å². The average Bonchev–Trinajstić information content (AvgIpc) is 3.74. The number of hydrogen-bond acceptors (Lipinski definition) is 10. The number of likely N-dealkylation sites (N-methyl/N-ethyl adjacent to an activating group) is 1. The standard InChI is InChI=1S/C26H37N5O3.C6H14N2.2H2/c1-3-19(17-33)31(20-8-4-5-9-20)25-23(27-2)15-28-26(30-25)29-22-13-12-18(16-32)14-24(22)34-21-10-6-7-11-21;1-8-4-2-6(7)3-5-8;;/h12-17,19-21,25,27H,3-11H2,1-2H3,(H2,28,29,30);6H,2-5,7H2,1H3;2*1H/t19-,25?;;;/m1.../s1. The monoisotopic (exact) mass is 585 g/mol. The molecule has 2 aliphatic carbocycles. The molecular weight excluding hydrogens is 530 g/mol. The molecule has 5 N–H and O–H groups in total. The number of piperidine rings is 1. The zero-order valence-corrected chi connectivity index (χ0v) is 25.7. The minimum absolute atomic E-state index is 0. The van der Waals surface area contributed by atoms with Gasteiger partial charge in [-0.2, -0.15) is 0 Å². The molecule has 2 aliphatic heterocycles. The Labute approximate surface area is 254 Å². The fourth-order valence-electron chi connectivity index (χ4n) is 6.33. The molecule has 2 heterocycles. The summed E-state index contributed by atoms with van der Waals surface area (Å²) in [5.41, 5.74) is 7.94. The van der Waals surface area contributed by atoms with E-state index in [1.807, 2.05) is 19.3 Å². The summed E-state index contributed by atoms with van der Waals surface area (Å²) in [6.07, 6.45) is 15.7. The van der Waals surface area contributed by atoms with Crippen molar-refractivity contribution in [2.75, 3.05) is 32.5 Å². The van der Waals surface area contributed by atoms with Crippen molar-refractivity contribution in [1.29, 1.82) is 0 Å². The van der Waals surface area contributed by atoms with Crippen molar-refractivity contribution in [2.24, 2.45) is 10.7 Å². The lowest BCUT2D eigenvalue weighted by atomic mass is 10.1. The van der Waals surface area contributed by atoms with E-state index < -0.39 is 0 Å². The predicted octanol–water partition coefficient (Wildman–Crippen LogP) is 4.33. The minimum atomic E-state index is -0.291. The average molecular weight is 586 g/mol. The van der Waals surface area contributed by atoms with Gasteiger partial charge in [-0.25, -0.2) is 4.99 Å². The van der Waals surface area contributed by atoms with Crippen LogP contribution in [0.1, 0.15) is 90.8 Å². The second-order valence-electron chi connectivity index (χ2n) is 12.0. The van der Waals surface area contributed by atoms with E-state index in [0.717, 1.165) is 56.1 Å². The number of carbonyl (C=O) groups excluding carboxylic acids is 2. The number of nitrogens with zero attached hydrogens (tertiary/aromatic N) is 3. The molecule has 236 valence electrons. The Morgan fingerprint density at radius 2 is 1.83 bits per heavy atom. The van der Waals surface area contributed by atoms with E-state index in [-0.39, 0.29) is 21.2 Å². The summed E-state index contributed by atoms with van der Waals surface area (Å²) in [7, 11) is 4.03. The fourth-order valence-corrected chi connectivity index (χ4v) is 6.33. The summed E-state index contributed by atoms with van der Waals surface area (Å²) in [6, 6.07) is 6.03. The Balaban J connectivity index is 0.000000588. The first-order valence-corrected chi connectivity index (χ1v) is 15.9. The summed E-state index contributed by atoms with van der Waals surface area (Å²) in [4.78, 5) is 33.0. The molecule has 1 aromatic carbocycles. The van der Waals surface area contributed by atoms with Gasteiger partial charge in [0.25, 0.3) is 0 Å². The molecule has 1 unspecified atom stereocenters. The number of nitrogens with one attached hydrogen (secondary N) is 3. The second-order valence-corrected chi connectivity index (χ2v) is 12.0. The van der Waals surface area contributed by atoms with Crippen LogP contribution >= 0.6 is 0 Å². The predicted molar refractivity (Wildman–Crippen MR) is 173 cm³/mol. The lowest BCUT2D eigenvalue weighted by Crippen LogP contribution is -2.53. The quantitative estimate of drug-likeness (QED) is 0.297. The number of guanidine groups is 1. The molecular formula is C32H55N7O3. The normalized spacial score (nSPS) is 22.8. The molecule has 42 heavy (non-hydrogen) atoms. The van der Waals surface area contributed by atoms with Crippen molar-refractivity contribution in [2.45, 2.75) is 108 Å². The summed E-state index contributed by atoms with van der Waals surface area (Å²) < 4.78 is 6.27. The van der Waals surface area contributed by atoms with E-state index in [4.69, 9.17) is 15.5 Å². The smallest absolute Gasteiger partial charge is 0.202 e. The number of nitrogens with two attached hydrogens (primary N) is 1. The van der Waals surface area contributed by atoms with Gasteiger partial charge in [0.2, 0.25) is 5.96 Å². The van der Waals surface area contributed by atoms with Crippen molar-refractivity contribution in [1.82, 2.24) is 20.4 Å². The van der Waals surface area contributed by atoms with Gasteiger partial charge in [-0.05, 0) is 96.1 Å². The number of benzene rings is 1. The molecule has 0 spiro atoms. The van der Waals surface area contributed by atoms with Gasteiger partial charge in [-0.15, -0.1) is 0 Å². The molecule has 5 rings (SSSR count). The molecule has 0 bridgehead atoms. The van der Waals surface area contributed by atoms with Crippen molar-refractivity contribution in [3.05, 3.63) is 35.7 Å². The Bertz CT molecular complexity index is 1080. The van der Waals surface area contributed by atoms with Crippen LogP contribution < -0.4 is 26.4 Å². The number of hydrogen-bond donors (Lipinski definition) is 4. The number of carbonyl (C=O) groups is 2. The third-order valence-corrected chi connectivity index (χ3v) is 8.92. The van der Waals surface area contributed by atoms with E-state index >= 15 is 0 Å². The SMILES string of the molecule is CC[C@H](C=O)N(C1CCCC1)C1N=C(Nc2ccc(C=O)cc2OC2CCCC2)NC=C1NC.CN1CCC(N)CC1.[HH].[HH]. The highest BCUT2D eigenvalue weighted by Gasteiger charge is 2.36. The first-order chi connectivity index (χ1) is 20.4. The van der Waals surface area contributed by atoms with Crippen LogP contribution in [0.4, 0.5) is 5.69 Å². The lowest BCUT2D eigenvalue weighted by Gasteiger charge is -2.40. The van der Waals surface area contributed by atoms with Gasteiger partial charge in [-0.3, -0.25) is 9.69 Å². The maximum Gasteiger partial charge on any atom is 0.202 e. The molecule has 1 saturated heterocycles. The number of rotatable bonds is 10. The van der Waals surface area contributed by atoms with Crippen LogP contribution in [0, 0.1) is 0 Å². The van der Waals surface area contributed by atoms with Gasteiger partial charge in [0, 0.05) is 33.7 Å². The summed E-state index contributed by atoms with van der Waals surface area (Å²) in [6.45, 7) is 4.41. The lowest BCUT2D eigenvalue weighted by molar-refractivity contribution is -0.114. The van der Waals surface area contributed by atoms with E-state index in [1.165, 1.54) is 51.6 Å². The third-order valence-electron chi connectivity index (χ3n) is 8.92. The van der Waals surface area contributed by atoms with Crippen molar-refractivity contribution in [3.63, 3.8) is 0 Å². The van der Waals surface area contributed by atoms with Gasteiger partial charge in [0.1, 0.15) is 24.5 Å². The highest BCUT2D eigenvalue weighted by molar-refractivity contribution is 5.97. The maximum atomic E-state index is 12.0.